The van der Waals surface area contributed by atoms with E-state index < -0.39 is 0 Å². The van der Waals surface area contributed by atoms with Crippen LogP contribution in [0.5, 0.6) is 0 Å². The van der Waals surface area contributed by atoms with E-state index >= 15 is 0 Å². The summed E-state index contributed by atoms with van der Waals surface area (Å²) in [5.41, 5.74) is 1.09. The van der Waals surface area contributed by atoms with Crippen LogP contribution in [0.3, 0.4) is 0 Å². The molecule has 7 heteroatoms. The fraction of sp³-hybridized carbons (Fsp3) is 0.667. The van der Waals surface area contributed by atoms with Crippen LogP contribution in [-0.4, -0.2) is 41.5 Å². The maximum atomic E-state index is 12.1. The molecule has 0 aromatic carbocycles. The molecular weight excluding hydrogens is 300 g/mol. The van der Waals surface area contributed by atoms with Crippen molar-refractivity contribution in [1.82, 2.24) is 15.2 Å². The largest absolute Gasteiger partial charge is 0.344 e. The molecule has 1 saturated heterocycles. The van der Waals surface area contributed by atoms with Crippen molar-refractivity contribution in [2.45, 2.75) is 52.0 Å². The molecule has 1 aliphatic heterocycles. The number of likely N-dealkylation sites (tertiary alicyclic amines) is 1. The molecule has 1 aliphatic rings. The molecule has 0 saturated carbocycles. The van der Waals surface area contributed by atoms with Crippen LogP contribution in [0, 0.1) is 0 Å². The normalized spacial score (nSPS) is 18.4. The molecule has 22 heavy (non-hydrogen) atoms. The first-order valence-corrected chi connectivity index (χ1v) is 8.65. The van der Waals surface area contributed by atoms with Crippen molar-refractivity contribution in [3.05, 3.63) is 10.6 Å². The monoisotopic (exact) mass is 324 g/mol. The van der Waals surface area contributed by atoms with Crippen molar-refractivity contribution in [2.75, 3.05) is 18.9 Å². The lowest BCUT2D eigenvalue weighted by Gasteiger charge is -2.29. The Kier molecular flexibility index (Phi) is 5.76. The summed E-state index contributed by atoms with van der Waals surface area (Å²) in [6.45, 7) is 4.79. The molecule has 2 N–H and O–H groups in total. The smallest absolute Gasteiger partial charge is 0.321 e. The van der Waals surface area contributed by atoms with E-state index in [1.54, 1.807) is 23.3 Å². The predicted molar refractivity (Wildman–Crippen MR) is 88.3 cm³/mol. The SMILES string of the molecule is CCCc1nc(NC(=O)NC2CCC(=O)N(C)C2)sc1CC. The molecule has 0 bridgehead atoms. The second kappa shape index (κ2) is 7.58. The van der Waals surface area contributed by atoms with Gasteiger partial charge in [0.15, 0.2) is 5.13 Å². The number of piperidine rings is 1. The Hall–Kier alpha value is -1.63. The molecule has 122 valence electrons. The van der Waals surface area contributed by atoms with Gasteiger partial charge in [-0.2, -0.15) is 0 Å². The molecule has 0 radical (unpaired) electrons. The Balaban J connectivity index is 1.90. The van der Waals surface area contributed by atoms with Crippen LogP contribution in [0.25, 0.3) is 0 Å². The molecule has 6 nitrogen and oxygen atoms in total. The zero-order chi connectivity index (χ0) is 16.1. The second-order valence-electron chi connectivity index (χ2n) is 5.60. The van der Waals surface area contributed by atoms with Gasteiger partial charge in [-0.3, -0.25) is 10.1 Å². The highest BCUT2D eigenvalue weighted by molar-refractivity contribution is 7.15. The lowest BCUT2D eigenvalue weighted by Crippen LogP contribution is -2.49. The molecule has 1 aromatic rings. The number of thiazole rings is 1. The number of nitrogens with one attached hydrogen (secondary N) is 2. The number of carbonyl (C=O) groups is 2. The number of aryl methyl sites for hydroxylation is 2. The van der Waals surface area contributed by atoms with Crippen molar-refractivity contribution in [2.24, 2.45) is 0 Å². The maximum Gasteiger partial charge on any atom is 0.321 e. The van der Waals surface area contributed by atoms with E-state index in [-0.39, 0.29) is 18.0 Å². The lowest BCUT2D eigenvalue weighted by molar-refractivity contribution is -0.132. The van der Waals surface area contributed by atoms with E-state index in [1.807, 2.05) is 0 Å². The summed E-state index contributed by atoms with van der Waals surface area (Å²) in [4.78, 5) is 30.9. The number of rotatable bonds is 5. The highest BCUT2D eigenvalue weighted by Crippen LogP contribution is 2.24. The number of hydrogen-bond acceptors (Lipinski definition) is 4. The number of urea groups is 1. The van der Waals surface area contributed by atoms with Gasteiger partial charge in [-0.15, -0.1) is 11.3 Å². The number of amides is 3. The van der Waals surface area contributed by atoms with Crippen molar-refractivity contribution in [1.29, 1.82) is 0 Å². The quantitative estimate of drug-likeness (QED) is 0.873. The molecule has 2 heterocycles. The van der Waals surface area contributed by atoms with E-state index in [0.29, 0.717) is 24.5 Å². The van der Waals surface area contributed by atoms with Crippen LogP contribution in [-0.2, 0) is 17.6 Å². The van der Waals surface area contributed by atoms with Crippen LogP contribution in [0.2, 0.25) is 0 Å². The molecule has 0 aliphatic carbocycles. The van der Waals surface area contributed by atoms with Crippen LogP contribution in [0.15, 0.2) is 0 Å². The molecule has 0 spiro atoms. The lowest BCUT2D eigenvalue weighted by atomic mass is 10.1. The molecule has 3 amide bonds. The summed E-state index contributed by atoms with van der Waals surface area (Å²) >= 11 is 1.54. The zero-order valence-corrected chi connectivity index (χ0v) is 14.3. The minimum absolute atomic E-state index is 0.00317. The minimum atomic E-state index is -0.243. The second-order valence-corrected chi connectivity index (χ2v) is 6.68. The van der Waals surface area contributed by atoms with Gasteiger partial charge in [0.05, 0.1) is 5.69 Å². The summed E-state index contributed by atoms with van der Waals surface area (Å²) in [6, 6.07) is -0.240. The van der Waals surface area contributed by atoms with Crippen LogP contribution < -0.4 is 10.6 Å². The van der Waals surface area contributed by atoms with Gasteiger partial charge >= 0.3 is 6.03 Å². The highest BCUT2D eigenvalue weighted by atomic mass is 32.1. The first kappa shape index (κ1) is 16.7. The van der Waals surface area contributed by atoms with Gasteiger partial charge in [0.1, 0.15) is 0 Å². The molecule has 2 rings (SSSR count). The van der Waals surface area contributed by atoms with Crippen LogP contribution in [0.1, 0.15) is 43.7 Å². The Bertz CT molecular complexity index is 544. The molecule has 1 atom stereocenters. The highest BCUT2D eigenvalue weighted by Gasteiger charge is 2.24. The Morgan fingerprint density at radius 3 is 2.86 bits per heavy atom. The Morgan fingerprint density at radius 2 is 2.23 bits per heavy atom. The third kappa shape index (κ3) is 4.19. The van der Waals surface area contributed by atoms with Gasteiger partial charge in [0.25, 0.3) is 0 Å². The third-order valence-electron chi connectivity index (χ3n) is 3.77. The first-order chi connectivity index (χ1) is 10.5. The van der Waals surface area contributed by atoms with E-state index in [4.69, 9.17) is 0 Å². The summed E-state index contributed by atoms with van der Waals surface area (Å²) in [7, 11) is 1.76. The molecule has 1 aromatic heterocycles. The number of anilines is 1. The van der Waals surface area contributed by atoms with Crippen molar-refractivity contribution in [3.8, 4) is 0 Å². The van der Waals surface area contributed by atoms with Crippen molar-refractivity contribution < 1.29 is 9.59 Å². The summed E-state index contributed by atoms with van der Waals surface area (Å²) in [5.74, 6) is 0.134. The number of hydrogen-bond donors (Lipinski definition) is 2. The standard InChI is InChI=1S/C15H24N4O2S/c1-4-6-11-12(5-2)22-15(17-11)18-14(21)16-10-7-8-13(20)19(3)9-10/h10H,4-9H2,1-3H3,(H2,16,17,18,21). The number of aromatic nitrogens is 1. The van der Waals surface area contributed by atoms with Crippen LogP contribution >= 0.6 is 11.3 Å². The number of likely N-dealkylation sites (N-methyl/N-ethyl adjacent to an activating group) is 1. The van der Waals surface area contributed by atoms with Crippen molar-refractivity contribution in [3.63, 3.8) is 0 Å². The summed E-state index contributed by atoms with van der Waals surface area (Å²) in [5, 5.41) is 6.39. The Labute approximate surface area is 135 Å². The summed E-state index contributed by atoms with van der Waals surface area (Å²) in [6.07, 6.45) is 4.10. The van der Waals surface area contributed by atoms with Crippen molar-refractivity contribution >= 4 is 28.4 Å². The fourth-order valence-corrected chi connectivity index (χ4v) is 3.54. The average molecular weight is 324 g/mol. The van der Waals surface area contributed by atoms with Gasteiger partial charge < -0.3 is 10.2 Å². The van der Waals surface area contributed by atoms with Gasteiger partial charge in [0.2, 0.25) is 5.91 Å². The molecule has 1 fully saturated rings. The average Bonchev–Trinajstić information content (AvgIpc) is 2.85. The summed E-state index contributed by atoms with van der Waals surface area (Å²) < 4.78 is 0. The van der Waals surface area contributed by atoms with E-state index in [9.17, 15) is 9.59 Å². The van der Waals surface area contributed by atoms with Crippen LogP contribution in [0.4, 0.5) is 9.93 Å². The number of nitrogens with zero attached hydrogens (tertiary/aromatic N) is 2. The van der Waals surface area contributed by atoms with E-state index in [2.05, 4.69) is 29.5 Å². The molecule has 1 unspecified atom stereocenters. The maximum absolute atomic E-state index is 12.1. The Morgan fingerprint density at radius 1 is 1.45 bits per heavy atom. The topological polar surface area (TPSA) is 74.3 Å². The van der Waals surface area contributed by atoms with E-state index in [1.165, 1.54) is 4.88 Å². The predicted octanol–water partition coefficient (Wildman–Crippen LogP) is 2.40. The van der Waals surface area contributed by atoms with E-state index in [0.717, 1.165) is 25.0 Å². The third-order valence-corrected chi connectivity index (χ3v) is 4.93. The first-order valence-electron chi connectivity index (χ1n) is 7.83. The fourth-order valence-electron chi connectivity index (χ4n) is 2.59. The van der Waals surface area contributed by atoms with Gasteiger partial charge in [0, 0.05) is 30.9 Å². The minimum Gasteiger partial charge on any atom is -0.344 e. The zero-order valence-electron chi connectivity index (χ0n) is 13.4. The number of carbonyl (C=O) groups excluding carboxylic acids is 2. The van der Waals surface area contributed by atoms with Gasteiger partial charge in [-0.1, -0.05) is 20.3 Å². The van der Waals surface area contributed by atoms with Gasteiger partial charge in [-0.05, 0) is 19.3 Å². The van der Waals surface area contributed by atoms with Gasteiger partial charge in [-0.25, -0.2) is 9.78 Å². The molecular formula is C15H24N4O2S.